The number of benzene rings is 1. The quantitative estimate of drug-likeness (QED) is 0.665. The minimum atomic E-state index is -0.0978. The summed E-state index contributed by atoms with van der Waals surface area (Å²) in [5, 5.41) is 0. The number of nitrogens with zero attached hydrogens (tertiary/aromatic N) is 1. The fraction of sp³-hybridized carbons (Fsp3) is 0.400. The Bertz CT molecular complexity index is 245. The molecule has 0 bridgehead atoms. The first kappa shape index (κ1) is 9.20. The minimum Gasteiger partial charge on any atom is -0.309 e. The Morgan fingerprint density at radius 2 is 1.92 bits per heavy atom. The van der Waals surface area contributed by atoms with Crippen LogP contribution in [0.2, 0.25) is 0 Å². The van der Waals surface area contributed by atoms with Crippen LogP contribution in [0.15, 0.2) is 24.3 Å². The second kappa shape index (κ2) is 4.21. The van der Waals surface area contributed by atoms with Crippen LogP contribution in [0.4, 0.5) is 4.39 Å². The molecule has 0 fully saturated rings. The third-order valence-electron chi connectivity index (χ3n) is 1.79. The van der Waals surface area contributed by atoms with Gasteiger partial charge in [0.1, 0.15) is 5.82 Å². The van der Waals surface area contributed by atoms with Gasteiger partial charge in [0.2, 0.25) is 0 Å². The zero-order chi connectivity index (χ0) is 8.97. The van der Waals surface area contributed by atoms with Gasteiger partial charge in [0.15, 0.2) is 0 Å². The number of likely N-dealkylation sites (N-methyl/N-ethyl adjacent to an activating group) is 1. The summed E-state index contributed by atoms with van der Waals surface area (Å²) >= 11 is 0. The van der Waals surface area contributed by atoms with Crippen LogP contribution >= 0.6 is 0 Å². The van der Waals surface area contributed by atoms with Gasteiger partial charge in [-0.1, -0.05) is 18.2 Å². The maximum atomic E-state index is 13.0. The van der Waals surface area contributed by atoms with Crippen LogP contribution in [-0.4, -0.2) is 25.5 Å². The molecule has 1 aromatic rings. The third kappa shape index (κ3) is 2.62. The molecule has 0 N–H and O–H groups in total. The summed E-state index contributed by atoms with van der Waals surface area (Å²) in [6, 6.07) is 6.92. The lowest BCUT2D eigenvalue weighted by Gasteiger charge is -2.09. The normalized spacial score (nSPS) is 10.7. The number of rotatable bonds is 3. The Balaban J connectivity index is 2.57. The highest BCUT2D eigenvalue weighted by molar-refractivity contribution is 5.17. The Labute approximate surface area is 72.8 Å². The van der Waals surface area contributed by atoms with Crippen LogP contribution in [-0.2, 0) is 6.42 Å². The van der Waals surface area contributed by atoms with Crippen molar-refractivity contribution in [1.29, 1.82) is 0 Å². The van der Waals surface area contributed by atoms with Crippen LogP contribution in [0.25, 0.3) is 0 Å². The van der Waals surface area contributed by atoms with Crippen molar-refractivity contribution in [3.05, 3.63) is 35.6 Å². The molecule has 1 rings (SSSR count). The smallest absolute Gasteiger partial charge is 0.126 e. The van der Waals surface area contributed by atoms with Gasteiger partial charge in [-0.05, 0) is 32.1 Å². The molecule has 0 aromatic heterocycles. The SMILES string of the molecule is CN(C)CCc1ccccc1F. The second-order valence-corrected chi connectivity index (χ2v) is 3.14. The second-order valence-electron chi connectivity index (χ2n) is 3.14. The summed E-state index contributed by atoms with van der Waals surface area (Å²) in [4.78, 5) is 2.05. The van der Waals surface area contributed by atoms with Gasteiger partial charge < -0.3 is 4.90 Å². The lowest BCUT2D eigenvalue weighted by Crippen LogP contribution is -2.15. The first-order chi connectivity index (χ1) is 5.70. The molecule has 0 spiro atoms. The van der Waals surface area contributed by atoms with Crippen molar-refractivity contribution in [2.24, 2.45) is 0 Å². The molecule has 0 aliphatic carbocycles. The molecule has 1 aromatic carbocycles. The number of hydrogen-bond donors (Lipinski definition) is 0. The largest absolute Gasteiger partial charge is 0.309 e. The van der Waals surface area contributed by atoms with Crippen molar-refractivity contribution in [1.82, 2.24) is 4.90 Å². The van der Waals surface area contributed by atoms with Crippen molar-refractivity contribution in [3.63, 3.8) is 0 Å². The average Bonchev–Trinajstić information content (AvgIpc) is 2.03. The lowest BCUT2D eigenvalue weighted by atomic mass is 10.1. The molecular formula is C10H14FN. The van der Waals surface area contributed by atoms with Crippen molar-refractivity contribution in [2.45, 2.75) is 6.42 Å². The highest BCUT2D eigenvalue weighted by atomic mass is 19.1. The summed E-state index contributed by atoms with van der Waals surface area (Å²) in [6.07, 6.45) is 0.777. The first-order valence-electron chi connectivity index (χ1n) is 4.08. The monoisotopic (exact) mass is 167 g/mol. The highest BCUT2D eigenvalue weighted by Gasteiger charge is 1.99. The van der Waals surface area contributed by atoms with Crippen molar-refractivity contribution < 1.29 is 4.39 Å². The summed E-state index contributed by atoms with van der Waals surface area (Å²) in [7, 11) is 3.97. The molecule has 0 heterocycles. The van der Waals surface area contributed by atoms with Crippen LogP contribution in [0.3, 0.4) is 0 Å². The maximum absolute atomic E-state index is 13.0. The van der Waals surface area contributed by atoms with E-state index in [2.05, 4.69) is 0 Å². The van der Waals surface area contributed by atoms with Crippen LogP contribution < -0.4 is 0 Å². The lowest BCUT2D eigenvalue weighted by molar-refractivity contribution is 0.410. The predicted molar refractivity (Wildman–Crippen MR) is 48.7 cm³/mol. The van der Waals surface area contributed by atoms with Crippen molar-refractivity contribution in [2.75, 3.05) is 20.6 Å². The zero-order valence-electron chi connectivity index (χ0n) is 7.55. The van der Waals surface area contributed by atoms with E-state index in [0.717, 1.165) is 18.5 Å². The molecule has 0 saturated heterocycles. The van der Waals surface area contributed by atoms with Crippen LogP contribution in [0, 0.1) is 5.82 Å². The Hall–Kier alpha value is -0.890. The molecular weight excluding hydrogens is 153 g/mol. The van der Waals surface area contributed by atoms with Crippen LogP contribution in [0.1, 0.15) is 5.56 Å². The van der Waals surface area contributed by atoms with E-state index in [1.807, 2.05) is 31.1 Å². The molecule has 1 nitrogen and oxygen atoms in total. The molecule has 0 aliphatic rings. The molecule has 12 heavy (non-hydrogen) atoms. The molecule has 0 radical (unpaired) electrons. The van der Waals surface area contributed by atoms with E-state index in [-0.39, 0.29) is 5.82 Å². The summed E-state index contributed by atoms with van der Waals surface area (Å²) < 4.78 is 13.0. The maximum Gasteiger partial charge on any atom is 0.126 e. The summed E-state index contributed by atoms with van der Waals surface area (Å²) in [5.74, 6) is -0.0978. The van der Waals surface area contributed by atoms with Gasteiger partial charge in [0.25, 0.3) is 0 Å². The average molecular weight is 167 g/mol. The molecule has 0 saturated carbocycles. The molecule has 0 aliphatic heterocycles. The first-order valence-corrected chi connectivity index (χ1v) is 4.08. The van der Waals surface area contributed by atoms with Gasteiger partial charge in [-0.3, -0.25) is 0 Å². The molecule has 2 heteroatoms. The van der Waals surface area contributed by atoms with Gasteiger partial charge in [0.05, 0.1) is 0 Å². The van der Waals surface area contributed by atoms with E-state index >= 15 is 0 Å². The van der Waals surface area contributed by atoms with Crippen molar-refractivity contribution >= 4 is 0 Å². The van der Waals surface area contributed by atoms with E-state index in [1.165, 1.54) is 6.07 Å². The fourth-order valence-corrected chi connectivity index (χ4v) is 1.05. The fourth-order valence-electron chi connectivity index (χ4n) is 1.05. The Kier molecular flexibility index (Phi) is 3.23. The Morgan fingerprint density at radius 3 is 2.50 bits per heavy atom. The van der Waals surface area contributed by atoms with Crippen LogP contribution in [0.5, 0.6) is 0 Å². The van der Waals surface area contributed by atoms with E-state index in [4.69, 9.17) is 0 Å². The number of hydrogen-bond acceptors (Lipinski definition) is 1. The summed E-state index contributed by atoms with van der Waals surface area (Å²) in [5.41, 5.74) is 0.797. The van der Waals surface area contributed by atoms with E-state index in [1.54, 1.807) is 6.07 Å². The molecule has 0 unspecified atom stereocenters. The van der Waals surface area contributed by atoms with E-state index in [0.29, 0.717) is 0 Å². The van der Waals surface area contributed by atoms with Gasteiger partial charge >= 0.3 is 0 Å². The standard InChI is InChI=1S/C10H14FN/c1-12(2)8-7-9-5-3-4-6-10(9)11/h3-6H,7-8H2,1-2H3. The van der Waals surface area contributed by atoms with E-state index < -0.39 is 0 Å². The predicted octanol–water partition coefficient (Wildman–Crippen LogP) is 1.93. The van der Waals surface area contributed by atoms with Gasteiger partial charge in [-0.15, -0.1) is 0 Å². The third-order valence-corrected chi connectivity index (χ3v) is 1.79. The van der Waals surface area contributed by atoms with Gasteiger partial charge in [0, 0.05) is 6.54 Å². The molecule has 0 atom stereocenters. The van der Waals surface area contributed by atoms with Gasteiger partial charge in [-0.25, -0.2) is 4.39 Å². The zero-order valence-corrected chi connectivity index (χ0v) is 7.55. The minimum absolute atomic E-state index is 0.0978. The molecule has 66 valence electrons. The highest BCUT2D eigenvalue weighted by Crippen LogP contribution is 2.06. The molecule has 0 amide bonds. The Morgan fingerprint density at radius 1 is 1.25 bits per heavy atom. The number of halogens is 1. The van der Waals surface area contributed by atoms with E-state index in [9.17, 15) is 4.39 Å². The summed E-state index contributed by atoms with van der Waals surface area (Å²) in [6.45, 7) is 0.890. The van der Waals surface area contributed by atoms with Gasteiger partial charge in [-0.2, -0.15) is 0 Å². The van der Waals surface area contributed by atoms with Crippen molar-refractivity contribution in [3.8, 4) is 0 Å². The topological polar surface area (TPSA) is 3.24 Å².